The van der Waals surface area contributed by atoms with Crippen molar-refractivity contribution in [1.29, 1.82) is 0 Å². The quantitative estimate of drug-likeness (QED) is 0.777. The number of halogens is 2. The van der Waals surface area contributed by atoms with E-state index in [-0.39, 0.29) is 11.9 Å². The van der Waals surface area contributed by atoms with Crippen LogP contribution in [0.25, 0.3) is 0 Å². The van der Waals surface area contributed by atoms with E-state index in [0.717, 1.165) is 5.69 Å². The van der Waals surface area contributed by atoms with Gasteiger partial charge in [-0.3, -0.25) is 4.79 Å². The maximum absolute atomic E-state index is 12.7. The largest absolute Gasteiger partial charge is 0.306 e. The number of nitrogens with zero attached hydrogens (tertiary/aromatic N) is 1. The Balaban J connectivity index is 2.42. The molecular weight excluding hydrogens is 293 g/mol. The first-order valence-electron chi connectivity index (χ1n) is 6.34. The van der Waals surface area contributed by atoms with Gasteiger partial charge in [-0.2, -0.15) is 0 Å². The summed E-state index contributed by atoms with van der Waals surface area (Å²) in [6.07, 6.45) is 0. The highest BCUT2D eigenvalue weighted by atomic mass is 35.5. The molecule has 0 aliphatic rings. The van der Waals surface area contributed by atoms with Crippen LogP contribution in [0, 0.1) is 0 Å². The van der Waals surface area contributed by atoms with Crippen LogP contribution >= 0.6 is 23.2 Å². The van der Waals surface area contributed by atoms with Crippen LogP contribution in [0.1, 0.15) is 24.2 Å². The smallest absolute Gasteiger partial charge is 0.260 e. The third kappa shape index (κ3) is 3.14. The standard InChI is InChI=1S/C16H15Cl2NO/c1-11(2)19(13-6-4-3-5-7-13)16(20)14-9-8-12(17)10-15(14)18/h3-11H,1-2H3. The Kier molecular flexibility index (Phi) is 4.69. The molecule has 4 heteroatoms. The number of rotatable bonds is 3. The highest BCUT2D eigenvalue weighted by molar-refractivity contribution is 6.37. The molecule has 0 saturated carbocycles. The molecule has 0 spiro atoms. The third-order valence-electron chi connectivity index (χ3n) is 2.93. The molecule has 2 aromatic rings. The van der Waals surface area contributed by atoms with Crippen LogP contribution in [0.5, 0.6) is 0 Å². The number of para-hydroxylation sites is 1. The fourth-order valence-corrected chi connectivity index (χ4v) is 2.52. The fraction of sp³-hybridized carbons (Fsp3) is 0.188. The van der Waals surface area contributed by atoms with E-state index in [4.69, 9.17) is 23.2 Å². The minimum Gasteiger partial charge on any atom is -0.306 e. The van der Waals surface area contributed by atoms with E-state index in [9.17, 15) is 4.79 Å². The van der Waals surface area contributed by atoms with Crippen LogP contribution in [0.15, 0.2) is 48.5 Å². The fourth-order valence-electron chi connectivity index (χ4n) is 2.03. The molecule has 0 bridgehead atoms. The van der Waals surface area contributed by atoms with Gasteiger partial charge in [-0.05, 0) is 44.2 Å². The lowest BCUT2D eigenvalue weighted by atomic mass is 10.1. The van der Waals surface area contributed by atoms with Crippen LogP contribution in [0.2, 0.25) is 10.0 Å². The Morgan fingerprint density at radius 2 is 1.70 bits per heavy atom. The van der Waals surface area contributed by atoms with Gasteiger partial charge in [0.1, 0.15) is 0 Å². The first kappa shape index (κ1) is 14.9. The lowest BCUT2D eigenvalue weighted by Gasteiger charge is -2.27. The Hall–Kier alpha value is -1.51. The number of amides is 1. The second kappa shape index (κ2) is 6.29. The number of hydrogen-bond donors (Lipinski definition) is 0. The number of hydrogen-bond acceptors (Lipinski definition) is 1. The molecule has 1 amide bonds. The summed E-state index contributed by atoms with van der Waals surface area (Å²) in [6.45, 7) is 3.93. The molecule has 0 aliphatic heterocycles. The summed E-state index contributed by atoms with van der Waals surface area (Å²) in [5.41, 5.74) is 1.30. The van der Waals surface area contributed by atoms with E-state index in [1.54, 1.807) is 23.1 Å². The van der Waals surface area contributed by atoms with Crippen LogP contribution < -0.4 is 4.90 Å². The maximum Gasteiger partial charge on any atom is 0.260 e. The topological polar surface area (TPSA) is 20.3 Å². The molecule has 0 atom stereocenters. The third-order valence-corrected chi connectivity index (χ3v) is 3.48. The molecule has 2 nitrogen and oxygen atoms in total. The second-order valence-electron chi connectivity index (χ2n) is 4.73. The molecule has 0 aliphatic carbocycles. The van der Waals surface area contributed by atoms with Gasteiger partial charge >= 0.3 is 0 Å². The van der Waals surface area contributed by atoms with Gasteiger partial charge in [0.25, 0.3) is 5.91 Å². The molecule has 0 fully saturated rings. The van der Waals surface area contributed by atoms with Crippen molar-refractivity contribution >= 4 is 34.8 Å². The normalized spacial score (nSPS) is 10.7. The SMILES string of the molecule is CC(C)N(C(=O)c1ccc(Cl)cc1Cl)c1ccccc1. The summed E-state index contributed by atoms with van der Waals surface area (Å²) in [7, 11) is 0. The van der Waals surface area contributed by atoms with Crippen molar-refractivity contribution in [3.8, 4) is 0 Å². The molecule has 0 aromatic heterocycles. The zero-order valence-electron chi connectivity index (χ0n) is 11.3. The van der Waals surface area contributed by atoms with E-state index in [0.29, 0.717) is 15.6 Å². The average Bonchev–Trinajstić information content (AvgIpc) is 2.39. The predicted octanol–water partition coefficient (Wildman–Crippen LogP) is 5.05. The first-order valence-corrected chi connectivity index (χ1v) is 7.10. The number of anilines is 1. The number of carbonyl (C=O) groups excluding carboxylic acids is 1. The van der Waals surface area contributed by atoms with Crippen molar-refractivity contribution in [2.75, 3.05) is 4.90 Å². The van der Waals surface area contributed by atoms with E-state index in [1.807, 2.05) is 44.2 Å². The van der Waals surface area contributed by atoms with Crippen LogP contribution in [0.4, 0.5) is 5.69 Å². The molecule has 0 saturated heterocycles. The van der Waals surface area contributed by atoms with E-state index < -0.39 is 0 Å². The van der Waals surface area contributed by atoms with Gasteiger partial charge in [-0.1, -0.05) is 41.4 Å². The molecule has 0 N–H and O–H groups in total. The summed E-state index contributed by atoms with van der Waals surface area (Å²) >= 11 is 12.0. The van der Waals surface area contributed by atoms with Crippen molar-refractivity contribution in [1.82, 2.24) is 0 Å². The van der Waals surface area contributed by atoms with E-state index >= 15 is 0 Å². The molecular formula is C16H15Cl2NO. The predicted molar refractivity (Wildman–Crippen MR) is 84.8 cm³/mol. The highest BCUT2D eigenvalue weighted by Gasteiger charge is 2.22. The Morgan fingerprint density at radius 1 is 1.05 bits per heavy atom. The van der Waals surface area contributed by atoms with Crippen molar-refractivity contribution in [2.24, 2.45) is 0 Å². The van der Waals surface area contributed by atoms with Gasteiger partial charge in [0.15, 0.2) is 0 Å². The van der Waals surface area contributed by atoms with Crippen LogP contribution in [-0.4, -0.2) is 11.9 Å². The molecule has 2 aromatic carbocycles. The summed E-state index contributed by atoms with van der Waals surface area (Å²) in [5, 5.41) is 0.881. The Morgan fingerprint density at radius 3 is 2.25 bits per heavy atom. The highest BCUT2D eigenvalue weighted by Crippen LogP contribution is 2.26. The Labute approximate surface area is 128 Å². The minimum absolute atomic E-state index is 0.0247. The average molecular weight is 308 g/mol. The molecule has 20 heavy (non-hydrogen) atoms. The van der Waals surface area contributed by atoms with Gasteiger partial charge in [0.05, 0.1) is 10.6 Å². The van der Waals surface area contributed by atoms with Gasteiger partial charge < -0.3 is 4.90 Å². The summed E-state index contributed by atoms with van der Waals surface area (Å²) in [6, 6.07) is 14.5. The number of carbonyl (C=O) groups is 1. The van der Waals surface area contributed by atoms with Gasteiger partial charge in [-0.25, -0.2) is 0 Å². The first-order chi connectivity index (χ1) is 9.50. The van der Waals surface area contributed by atoms with Gasteiger partial charge in [-0.15, -0.1) is 0 Å². The zero-order chi connectivity index (χ0) is 14.7. The lowest BCUT2D eigenvalue weighted by molar-refractivity contribution is 0.0980. The molecule has 104 valence electrons. The van der Waals surface area contributed by atoms with Crippen LogP contribution in [0.3, 0.4) is 0 Å². The van der Waals surface area contributed by atoms with Crippen molar-refractivity contribution in [3.63, 3.8) is 0 Å². The second-order valence-corrected chi connectivity index (χ2v) is 5.57. The molecule has 0 radical (unpaired) electrons. The maximum atomic E-state index is 12.7. The Bertz CT molecular complexity index is 611. The minimum atomic E-state index is -0.132. The van der Waals surface area contributed by atoms with E-state index in [2.05, 4.69) is 0 Å². The number of benzene rings is 2. The summed E-state index contributed by atoms with van der Waals surface area (Å²) in [5.74, 6) is -0.132. The van der Waals surface area contributed by atoms with Gasteiger partial charge in [0, 0.05) is 16.8 Å². The van der Waals surface area contributed by atoms with Crippen LogP contribution in [-0.2, 0) is 0 Å². The molecule has 2 rings (SSSR count). The lowest BCUT2D eigenvalue weighted by Crippen LogP contribution is -2.37. The molecule has 0 unspecified atom stereocenters. The van der Waals surface area contributed by atoms with Crippen molar-refractivity contribution in [2.45, 2.75) is 19.9 Å². The molecule has 0 heterocycles. The van der Waals surface area contributed by atoms with Crippen molar-refractivity contribution < 1.29 is 4.79 Å². The summed E-state index contributed by atoms with van der Waals surface area (Å²) < 4.78 is 0. The summed E-state index contributed by atoms with van der Waals surface area (Å²) in [4.78, 5) is 14.4. The monoisotopic (exact) mass is 307 g/mol. The van der Waals surface area contributed by atoms with E-state index in [1.165, 1.54) is 0 Å². The van der Waals surface area contributed by atoms with Crippen molar-refractivity contribution in [3.05, 3.63) is 64.1 Å². The van der Waals surface area contributed by atoms with Gasteiger partial charge in [0.2, 0.25) is 0 Å². The zero-order valence-corrected chi connectivity index (χ0v) is 12.8.